The first kappa shape index (κ1) is 12.5. The van der Waals surface area contributed by atoms with Crippen LogP contribution in [0.15, 0.2) is 0 Å². The van der Waals surface area contributed by atoms with Crippen molar-refractivity contribution < 1.29 is 0 Å². The molecule has 0 aromatic heterocycles. The predicted octanol–water partition coefficient (Wildman–Crippen LogP) is 4.48. The van der Waals surface area contributed by atoms with Crippen molar-refractivity contribution in [3.8, 4) is 0 Å². The van der Waals surface area contributed by atoms with Gasteiger partial charge in [0.1, 0.15) is 0 Å². The molecule has 0 spiro atoms. The molecule has 1 heteroatoms. The minimum Gasteiger partial charge on any atom is -0.0922 e. The Bertz CT molecular complexity index is 132. The van der Waals surface area contributed by atoms with E-state index >= 15 is 0 Å². The molecule has 1 unspecified atom stereocenters. The van der Waals surface area contributed by atoms with Crippen LogP contribution in [0.2, 0.25) is 0 Å². The molecule has 0 aromatic rings. The maximum atomic E-state index is 3.63. The molecule has 0 aliphatic carbocycles. The number of hydrogen-bond acceptors (Lipinski definition) is 0. The van der Waals surface area contributed by atoms with Crippen LogP contribution < -0.4 is 0 Å². The van der Waals surface area contributed by atoms with E-state index < -0.39 is 0 Å². The summed E-state index contributed by atoms with van der Waals surface area (Å²) in [6.07, 6.45) is 1.28. The number of hydrogen-bond donors (Lipinski definition) is 0. The largest absolute Gasteiger partial charge is 0.0922 e. The second-order valence-electron chi connectivity index (χ2n) is 5.68. The van der Waals surface area contributed by atoms with E-state index in [9.17, 15) is 0 Å². The van der Waals surface area contributed by atoms with E-state index in [0.717, 1.165) is 11.2 Å². The molecule has 0 aliphatic heterocycles. The van der Waals surface area contributed by atoms with Crippen LogP contribution in [0.25, 0.3) is 0 Å². The molecule has 0 bridgehead atoms. The highest BCUT2D eigenvalue weighted by Gasteiger charge is 2.31. The summed E-state index contributed by atoms with van der Waals surface area (Å²) in [7, 11) is 0. The molecule has 0 radical (unpaired) electrons. The molecule has 0 nitrogen and oxygen atoms in total. The average Bonchev–Trinajstić information content (AvgIpc) is 1.83. The van der Waals surface area contributed by atoms with Gasteiger partial charge in [-0.15, -0.1) is 0 Å². The summed E-state index contributed by atoms with van der Waals surface area (Å²) >= 11 is 3.63. The molecule has 0 saturated heterocycles. The van der Waals surface area contributed by atoms with Crippen molar-refractivity contribution in [2.24, 2.45) is 16.7 Å². The van der Waals surface area contributed by atoms with Crippen LogP contribution in [0.1, 0.15) is 48.0 Å². The third-order valence-electron chi connectivity index (χ3n) is 2.63. The normalized spacial score (nSPS) is 18.0. The Labute approximate surface area is 86.3 Å². The van der Waals surface area contributed by atoms with Gasteiger partial charge in [-0.2, -0.15) is 0 Å². The van der Waals surface area contributed by atoms with E-state index in [4.69, 9.17) is 0 Å². The summed E-state index contributed by atoms with van der Waals surface area (Å²) in [5.41, 5.74) is 0.880. The van der Waals surface area contributed by atoms with Gasteiger partial charge in [0.2, 0.25) is 0 Å². The molecule has 0 fully saturated rings. The van der Waals surface area contributed by atoms with Gasteiger partial charge in [-0.05, 0) is 23.2 Å². The van der Waals surface area contributed by atoms with Crippen LogP contribution in [0, 0.1) is 16.7 Å². The molecule has 0 rings (SSSR count). The standard InChI is InChI=1S/C11H23Br/c1-9(2)11(6,8-12)7-10(3,4)5/h9H,7-8H2,1-6H3. The zero-order chi connectivity index (χ0) is 9.99. The summed E-state index contributed by atoms with van der Waals surface area (Å²) in [5.74, 6) is 0.746. The van der Waals surface area contributed by atoms with Crippen LogP contribution in [0.5, 0.6) is 0 Å². The number of halogens is 1. The van der Waals surface area contributed by atoms with E-state index in [-0.39, 0.29) is 0 Å². The Hall–Kier alpha value is 0.480. The van der Waals surface area contributed by atoms with Crippen LogP contribution in [-0.2, 0) is 0 Å². The Morgan fingerprint density at radius 1 is 1.08 bits per heavy atom. The van der Waals surface area contributed by atoms with Crippen LogP contribution >= 0.6 is 15.9 Å². The zero-order valence-electron chi connectivity index (χ0n) is 9.37. The Balaban J connectivity index is 4.35. The van der Waals surface area contributed by atoms with Gasteiger partial charge in [-0.25, -0.2) is 0 Å². The van der Waals surface area contributed by atoms with Crippen molar-refractivity contribution in [1.29, 1.82) is 0 Å². The fourth-order valence-electron chi connectivity index (χ4n) is 1.62. The van der Waals surface area contributed by atoms with Crippen molar-refractivity contribution in [3.63, 3.8) is 0 Å². The highest BCUT2D eigenvalue weighted by molar-refractivity contribution is 9.09. The van der Waals surface area contributed by atoms with Gasteiger partial charge in [-0.3, -0.25) is 0 Å². The number of rotatable bonds is 3. The molecule has 12 heavy (non-hydrogen) atoms. The Kier molecular flexibility index (Phi) is 4.29. The minimum atomic E-state index is 0.437. The average molecular weight is 235 g/mol. The monoisotopic (exact) mass is 234 g/mol. The fraction of sp³-hybridized carbons (Fsp3) is 1.00. The smallest absolute Gasteiger partial charge is 0.00879 e. The van der Waals surface area contributed by atoms with Gasteiger partial charge in [0.05, 0.1) is 0 Å². The molecule has 0 aromatic carbocycles. The lowest BCUT2D eigenvalue weighted by atomic mass is 9.70. The topological polar surface area (TPSA) is 0 Å². The molecule has 0 saturated carbocycles. The van der Waals surface area contributed by atoms with E-state index in [0.29, 0.717) is 10.8 Å². The summed E-state index contributed by atoms with van der Waals surface area (Å²) < 4.78 is 0. The fourth-order valence-corrected chi connectivity index (χ4v) is 2.46. The summed E-state index contributed by atoms with van der Waals surface area (Å²) in [6.45, 7) is 13.9. The van der Waals surface area contributed by atoms with Gasteiger partial charge < -0.3 is 0 Å². The third kappa shape index (κ3) is 3.93. The van der Waals surface area contributed by atoms with Crippen molar-refractivity contribution in [1.82, 2.24) is 0 Å². The molecule has 1 atom stereocenters. The van der Waals surface area contributed by atoms with E-state index in [1.54, 1.807) is 0 Å². The zero-order valence-corrected chi connectivity index (χ0v) is 11.0. The molecular formula is C11H23Br. The second-order valence-corrected chi connectivity index (χ2v) is 6.24. The SMILES string of the molecule is CC(C)C(C)(CBr)CC(C)(C)C. The minimum absolute atomic E-state index is 0.437. The molecule has 0 aliphatic rings. The Morgan fingerprint density at radius 2 is 1.50 bits per heavy atom. The van der Waals surface area contributed by atoms with Crippen LogP contribution in [0.4, 0.5) is 0 Å². The quantitative estimate of drug-likeness (QED) is 0.632. The molecule has 0 N–H and O–H groups in total. The van der Waals surface area contributed by atoms with Crippen molar-refractivity contribution in [3.05, 3.63) is 0 Å². The summed E-state index contributed by atoms with van der Waals surface area (Å²) in [6, 6.07) is 0. The van der Waals surface area contributed by atoms with Crippen LogP contribution in [-0.4, -0.2) is 5.33 Å². The number of alkyl halides is 1. The van der Waals surface area contributed by atoms with Crippen molar-refractivity contribution in [2.75, 3.05) is 5.33 Å². The lowest BCUT2D eigenvalue weighted by Gasteiger charge is -2.37. The highest BCUT2D eigenvalue weighted by Crippen LogP contribution is 2.40. The molecule has 74 valence electrons. The van der Waals surface area contributed by atoms with Gasteiger partial charge in [0, 0.05) is 5.33 Å². The Morgan fingerprint density at radius 3 is 1.58 bits per heavy atom. The summed E-state index contributed by atoms with van der Waals surface area (Å²) in [5, 5.41) is 1.11. The van der Waals surface area contributed by atoms with Gasteiger partial charge in [-0.1, -0.05) is 57.5 Å². The predicted molar refractivity (Wildman–Crippen MR) is 60.8 cm³/mol. The van der Waals surface area contributed by atoms with Crippen molar-refractivity contribution in [2.45, 2.75) is 48.0 Å². The lowest BCUT2D eigenvalue weighted by Crippen LogP contribution is -2.30. The van der Waals surface area contributed by atoms with E-state index in [1.807, 2.05) is 0 Å². The van der Waals surface area contributed by atoms with E-state index in [1.165, 1.54) is 6.42 Å². The first-order chi connectivity index (χ1) is 5.21. The maximum Gasteiger partial charge on any atom is 0.00879 e. The maximum absolute atomic E-state index is 3.63. The van der Waals surface area contributed by atoms with Crippen molar-refractivity contribution >= 4 is 15.9 Å². The molecule has 0 amide bonds. The van der Waals surface area contributed by atoms with E-state index in [2.05, 4.69) is 57.5 Å². The molecular weight excluding hydrogens is 212 g/mol. The summed E-state index contributed by atoms with van der Waals surface area (Å²) in [4.78, 5) is 0. The highest BCUT2D eigenvalue weighted by atomic mass is 79.9. The van der Waals surface area contributed by atoms with Gasteiger partial charge in [0.15, 0.2) is 0 Å². The first-order valence-corrected chi connectivity index (χ1v) is 5.89. The third-order valence-corrected chi connectivity index (χ3v) is 3.91. The lowest BCUT2D eigenvalue weighted by molar-refractivity contribution is 0.158. The van der Waals surface area contributed by atoms with Crippen LogP contribution in [0.3, 0.4) is 0 Å². The van der Waals surface area contributed by atoms with Gasteiger partial charge >= 0.3 is 0 Å². The van der Waals surface area contributed by atoms with Gasteiger partial charge in [0.25, 0.3) is 0 Å². The first-order valence-electron chi connectivity index (χ1n) is 4.77. The second kappa shape index (κ2) is 4.13. The molecule has 0 heterocycles.